The van der Waals surface area contributed by atoms with Crippen LogP contribution in [0.4, 0.5) is 5.13 Å². The SMILES string of the molecule is C[C@H]1CCCN(c2nn3c(C(=O)N(C)Cc4ccccc4)cc(=O)nc3s2)C1. The molecule has 28 heavy (non-hydrogen) atoms. The third kappa shape index (κ3) is 3.77. The minimum absolute atomic E-state index is 0.248. The number of fused-ring (bicyclic) bond motifs is 1. The summed E-state index contributed by atoms with van der Waals surface area (Å²) in [7, 11) is 1.73. The van der Waals surface area contributed by atoms with Gasteiger partial charge in [0.15, 0.2) is 0 Å². The van der Waals surface area contributed by atoms with Gasteiger partial charge in [-0.1, -0.05) is 48.6 Å². The number of hydrogen-bond acceptors (Lipinski definition) is 6. The van der Waals surface area contributed by atoms with E-state index in [1.54, 1.807) is 11.9 Å². The summed E-state index contributed by atoms with van der Waals surface area (Å²) < 4.78 is 1.52. The fourth-order valence-corrected chi connectivity index (χ4v) is 4.52. The predicted octanol–water partition coefficient (Wildman–Crippen LogP) is 2.66. The molecule has 8 heteroatoms. The van der Waals surface area contributed by atoms with Crippen LogP contribution in [0.5, 0.6) is 0 Å². The smallest absolute Gasteiger partial charge is 0.274 e. The third-order valence-electron chi connectivity index (χ3n) is 5.00. The molecule has 0 saturated carbocycles. The van der Waals surface area contributed by atoms with Crippen molar-refractivity contribution in [3.8, 4) is 0 Å². The molecule has 3 heterocycles. The van der Waals surface area contributed by atoms with Crippen LogP contribution in [0.1, 0.15) is 35.8 Å². The first kappa shape index (κ1) is 18.6. The van der Waals surface area contributed by atoms with E-state index in [-0.39, 0.29) is 11.6 Å². The number of aromatic nitrogens is 3. The van der Waals surface area contributed by atoms with Crippen LogP contribution in [-0.4, -0.2) is 45.5 Å². The first-order valence-electron chi connectivity index (χ1n) is 9.46. The molecule has 1 aliphatic heterocycles. The number of hydrogen-bond donors (Lipinski definition) is 0. The first-order valence-corrected chi connectivity index (χ1v) is 10.3. The summed E-state index contributed by atoms with van der Waals surface area (Å²) in [6.07, 6.45) is 2.33. The van der Waals surface area contributed by atoms with Gasteiger partial charge in [0.1, 0.15) is 5.69 Å². The molecule has 1 fully saturated rings. The van der Waals surface area contributed by atoms with E-state index in [1.165, 1.54) is 28.3 Å². The molecule has 0 spiro atoms. The van der Waals surface area contributed by atoms with Gasteiger partial charge in [-0.05, 0) is 24.3 Å². The second-order valence-corrected chi connectivity index (χ2v) is 8.33. The molecule has 0 N–H and O–H groups in total. The average Bonchev–Trinajstić information content (AvgIpc) is 3.11. The largest absolute Gasteiger partial charge is 0.346 e. The lowest BCUT2D eigenvalue weighted by Crippen LogP contribution is -2.34. The molecule has 146 valence electrons. The molecule has 1 amide bonds. The first-order chi connectivity index (χ1) is 13.5. The van der Waals surface area contributed by atoms with Crippen LogP contribution in [-0.2, 0) is 6.54 Å². The maximum atomic E-state index is 13.0. The van der Waals surface area contributed by atoms with Crippen LogP contribution in [0.3, 0.4) is 0 Å². The molecule has 0 radical (unpaired) electrons. The Balaban J connectivity index is 1.66. The molecule has 0 aliphatic carbocycles. The number of rotatable bonds is 4. The highest BCUT2D eigenvalue weighted by Crippen LogP contribution is 2.27. The Morgan fingerprint density at radius 3 is 2.86 bits per heavy atom. The topological polar surface area (TPSA) is 70.8 Å². The molecule has 1 atom stereocenters. The van der Waals surface area contributed by atoms with Crippen molar-refractivity contribution in [2.45, 2.75) is 26.3 Å². The van der Waals surface area contributed by atoms with Crippen molar-refractivity contribution < 1.29 is 4.79 Å². The summed E-state index contributed by atoms with van der Waals surface area (Å²) in [6, 6.07) is 11.0. The van der Waals surface area contributed by atoms with E-state index < -0.39 is 5.56 Å². The minimum atomic E-state index is -0.418. The zero-order valence-corrected chi connectivity index (χ0v) is 16.9. The second-order valence-electron chi connectivity index (χ2n) is 7.40. The van der Waals surface area contributed by atoms with E-state index in [0.29, 0.717) is 17.4 Å². The van der Waals surface area contributed by atoms with Crippen molar-refractivity contribution in [3.05, 3.63) is 58.0 Å². The summed E-state index contributed by atoms with van der Waals surface area (Å²) >= 11 is 1.36. The van der Waals surface area contributed by atoms with Gasteiger partial charge in [-0.25, -0.2) is 0 Å². The van der Waals surface area contributed by atoms with Gasteiger partial charge in [0, 0.05) is 32.7 Å². The number of nitrogens with zero attached hydrogens (tertiary/aromatic N) is 5. The van der Waals surface area contributed by atoms with E-state index in [4.69, 9.17) is 0 Å². The van der Waals surface area contributed by atoms with Crippen molar-refractivity contribution >= 4 is 27.3 Å². The highest BCUT2D eigenvalue weighted by Gasteiger charge is 2.23. The third-order valence-corrected chi connectivity index (χ3v) is 5.97. The van der Waals surface area contributed by atoms with Crippen LogP contribution in [0, 0.1) is 5.92 Å². The Labute approximate surface area is 167 Å². The number of anilines is 1. The highest BCUT2D eigenvalue weighted by molar-refractivity contribution is 7.20. The summed E-state index contributed by atoms with van der Waals surface area (Å²) in [5.41, 5.74) is 0.858. The molecule has 1 aliphatic rings. The lowest BCUT2D eigenvalue weighted by Gasteiger charge is -2.30. The van der Waals surface area contributed by atoms with Gasteiger partial charge in [-0.2, -0.15) is 9.50 Å². The van der Waals surface area contributed by atoms with E-state index in [2.05, 4.69) is 21.9 Å². The standard InChI is InChI=1S/C20H23N5O2S/c1-14-7-6-10-24(12-14)20-22-25-16(11-17(26)21-19(25)28-20)18(27)23(2)13-15-8-4-3-5-9-15/h3-5,8-9,11,14H,6-7,10,12-13H2,1-2H3/t14-/m0/s1. The number of carbonyl (C=O) groups is 1. The van der Waals surface area contributed by atoms with Crippen molar-refractivity contribution in [3.63, 3.8) is 0 Å². The summed E-state index contributed by atoms with van der Waals surface area (Å²) in [6.45, 7) is 4.56. The van der Waals surface area contributed by atoms with Crippen LogP contribution >= 0.6 is 11.3 Å². The van der Waals surface area contributed by atoms with Crippen molar-refractivity contribution in [2.24, 2.45) is 5.92 Å². The number of benzene rings is 1. The predicted molar refractivity (Wildman–Crippen MR) is 110 cm³/mol. The normalized spacial score (nSPS) is 17.1. The van der Waals surface area contributed by atoms with Gasteiger partial charge in [0.05, 0.1) is 0 Å². The highest BCUT2D eigenvalue weighted by atomic mass is 32.1. The Kier molecular flexibility index (Phi) is 5.13. The maximum Gasteiger partial charge on any atom is 0.274 e. The van der Waals surface area contributed by atoms with Crippen LogP contribution in [0.25, 0.3) is 4.96 Å². The van der Waals surface area contributed by atoms with Crippen molar-refractivity contribution in [1.82, 2.24) is 19.5 Å². The van der Waals surface area contributed by atoms with Crippen LogP contribution in [0.15, 0.2) is 41.2 Å². The van der Waals surface area contributed by atoms with Gasteiger partial charge in [-0.15, -0.1) is 5.10 Å². The number of carbonyl (C=O) groups excluding carboxylic acids is 1. The molecule has 3 aromatic rings. The molecule has 0 unspecified atom stereocenters. The van der Waals surface area contributed by atoms with E-state index in [1.807, 2.05) is 30.3 Å². The van der Waals surface area contributed by atoms with Gasteiger partial charge in [0.2, 0.25) is 10.1 Å². The Morgan fingerprint density at radius 2 is 2.11 bits per heavy atom. The zero-order chi connectivity index (χ0) is 19.7. The molecule has 7 nitrogen and oxygen atoms in total. The Hall–Kier alpha value is -2.74. The fourth-order valence-electron chi connectivity index (χ4n) is 3.57. The van der Waals surface area contributed by atoms with E-state index >= 15 is 0 Å². The lowest BCUT2D eigenvalue weighted by molar-refractivity contribution is 0.0776. The minimum Gasteiger partial charge on any atom is -0.346 e. The molecule has 2 aromatic heterocycles. The van der Waals surface area contributed by atoms with Crippen molar-refractivity contribution in [1.29, 1.82) is 0 Å². The summed E-state index contributed by atoms with van der Waals surface area (Å²) in [5, 5.41) is 5.44. The number of amides is 1. The summed E-state index contributed by atoms with van der Waals surface area (Å²) in [4.78, 5) is 33.5. The monoisotopic (exact) mass is 397 g/mol. The van der Waals surface area contributed by atoms with Crippen LogP contribution < -0.4 is 10.5 Å². The number of piperidine rings is 1. The molecule has 0 bridgehead atoms. The molecular weight excluding hydrogens is 374 g/mol. The van der Waals surface area contributed by atoms with E-state index in [0.717, 1.165) is 30.2 Å². The lowest BCUT2D eigenvalue weighted by atomic mass is 10.0. The quantitative estimate of drug-likeness (QED) is 0.677. The maximum absolute atomic E-state index is 13.0. The van der Waals surface area contributed by atoms with E-state index in [9.17, 15) is 9.59 Å². The second kappa shape index (κ2) is 7.71. The van der Waals surface area contributed by atoms with Crippen LogP contribution in [0.2, 0.25) is 0 Å². The van der Waals surface area contributed by atoms with Crippen molar-refractivity contribution in [2.75, 3.05) is 25.0 Å². The zero-order valence-electron chi connectivity index (χ0n) is 16.0. The van der Waals surface area contributed by atoms with Gasteiger partial charge < -0.3 is 9.80 Å². The average molecular weight is 398 g/mol. The van der Waals surface area contributed by atoms with Gasteiger partial charge >= 0.3 is 0 Å². The molecule has 1 aromatic carbocycles. The summed E-state index contributed by atoms with van der Waals surface area (Å²) in [5.74, 6) is 0.356. The Bertz CT molecular complexity index is 1050. The molecular formula is C20H23N5O2S. The van der Waals surface area contributed by atoms with Gasteiger partial charge in [-0.3, -0.25) is 9.59 Å². The Morgan fingerprint density at radius 1 is 1.32 bits per heavy atom. The molecule has 4 rings (SSSR count). The fraction of sp³-hybridized carbons (Fsp3) is 0.400. The molecule has 1 saturated heterocycles. The van der Waals surface area contributed by atoms with Gasteiger partial charge in [0.25, 0.3) is 11.5 Å².